The fraction of sp³-hybridized carbons (Fsp3) is 0. The number of aromatic nitrogens is 5. The minimum atomic E-state index is 0.657. The van der Waals surface area contributed by atoms with E-state index in [0.717, 1.165) is 22.2 Å². The van der Waals surface area contributed by atoms with Crippen molar-refractivity contribution in [2.75, 3.05) is 5.73 Å². The summed E-state index contributed by atoms with van der Waals surface area (Å²) in [5.74, 6) is 0.707. The number of nitrogens with zero attached hydrogens (tertiary/aromatic N) is 5. The first-order valence-electron chi connectivity index (χ1n) is 6.13. The van der Waals surface area contributed by atoms with Crippen molar-refractivity contribution in [1.29, 1.82) is 0 Å². The number of hydrogen-bond donors (Lipinski definition) is 1. The zero-order chi connectivity index (χ0) is 13.5. The second-order valence-electron chi connectivity index (χ2n) is 4.44. The monoisotopic (exact) mass is 262 g/mol. The molecule has 0 aliphatic heterocycles. The van der Waals surface area contributed by atoms with Gasteiger partial charge in [-0.15, -0.1) is 10.2 Å². The maximum absolute atomic E-state index is 5.84. The summed E-state index contributed by atoms with van der Waals surface area (Å²) in [6.45, 7) is 0. The van der Waals surface area contributed by atoms with Crippen LogP contribution in [0.4, 0.5) is 5.69 Å². The van der Waals surface area contributed by atoms with Crippen molar-refractivity contribution in [3.8, 4) is 11.4 Å². The van der Waals surface area contributed by atoms with Gasteiger partial charge < -0.3 is 5.73 Å². The van der Waals surface area contributed by atoms with Crippen molar-refractivity contribution >= 4 is 22.4 Å². The summed E-state index contributed by atoms with van der Waals surface area (Å²) in [5.41, 5.74) is 9.75. The molecule has 1 aromatic carbocycles. The Kier molecular flexibility index (Phi) is 2.17. The fourth-order valence-electron chi connectivity index (χ4n) is 2.26. The molecular formula is C14H10N6. The van der Waals surface area contributed by atoms with E-state index < -0.39 is 0 Å². The largest absolute Gasteiger partial charge is 0.398 e. The molecule has 0 atom stereocenters. The molecule has 0 radical (unpaired) electrons. The number of para-hydroxylation sites is 1. The van der Waals surface area contributed by atoms with Gasteiger partial charge in [0.25, 0.3) is 0 Å². The van der Waals surface area contributed by atoms with Crippen molar-refractivity contribution in [2.24, 2.45) is 0 Å². The molecule has 0 unspecified atom stereocenters. The van der Waals surface area contributed by atoms with E-state index in [0.29, 0.717) is 11.5 Å². The first kappa shape index (κ1) is 10.9. The molecule has 0 amide bonds. The molecular weight excluding hydrogens is 252 g/mol. The van der Waals surface area contributed by atoms with Crippen LogP contribution in [-0.2, 0) is 0 Å². The van der Waals surface area contributed by atoms with Crippen molar-refractivity contribution in [1.82, 2.24) is 24.6 Å². The number of hydrogen-bond acceptors (Lipinski definition) is 5. The smallest absolute Gasteiger partial charge is 0.170 e. The molecule has 2 N–H and O–H groups in total. The highest BCUT2D eigenvalue weighted by Crippen LogP contribution is 2.25. The highest BCUT2D eigenvalue weighted by molar-refractivity contribution is 5.89. The van der Waals surface area contributed by atoms with E-state index in [4.69, 9.17) is 5.73 Å². The van der Waals surface area contributed by atoms with Gasteiger partial charge in [0, 0.05) is 29.8 Å². The predicted octanol–water partition coefficient (Wildman–Crippen LogP) is 1.92. The lowest BCUT2D eigenvalue weighted by molar-refractivity contribution is 1.11. The van der Waals surface area contributed by atoms with Gasteiger partial charge in [-0.05, 0) is 24.3 Å². The van der Waals surface area contributed by atoms with Crippen LogP contribution in [0.5, 0.6) is 0 Å². The zero-order valence-corrected chi connectivity index (χ0v) is 10.4. The Balaban J connectivity index is 2.09. The van der Waals surface area contributed by atoms with Crippen LogP contribution in [0.15, 0.2) is 48.9 Å². The lowest BCUT2D eigenvalue weighted by Gasteiger charge is -2.04. The molecule has 20 heavy (non-hydrogen) atoms. The van der Waals surface area contributed by atoms with Crippen LogP contribution in [0.1, 0.15) is 0 Å². The molecule has 0 bridgehead atoms. The molecule has 0 spiro atoms. The summed E-state index contributed by atoms with van der Waals surface area (Å²) < 4.78 is 1.86. The average molecular weight is 262 g/mol. The van der Waals surface area contributed by atoms with Crippen LogP contribution in [0.2, 0.25) is 0 Å². The summed E-state index contributed by atoms with van der Waals surface area (Å²) >= 11 is 0. The predicted molar refractivity (Wildman–Crippen MR) is 75.9 cm³/mol. The minimum Gasteiger partial charge on any atom is -0.398 e. The quantitative estimate of drug-likeness (QED) is 0.566. The van der Waals surface area contributed by atoms with Crippen molar-refractivity contribution in [3.63, 3.8) is 0 Å². The van der Waals surface area contributed by atoms with Crippen LogP contribution < -0.4 is 5.73 Å². The third-order valence-corrected chi connectivity index (χ3v) is 3.16. The second-order valence-corrected chi connectivity index (χ2v) is 4.44. The molecule has 0 aliphatic rings. The first-order valence-corrected chi connectivity index (χ1v) is 6.13. The van der Waals surface area contributed by atoms with E-state index in [2.05, 4.69) is 20.2 Å². The van der Waals surface area contributed by atoms with Gasteiger partial charge >= 0.3 is 0 Å². The number of nitrogen functional groups attached to an aromatic ring is 1. The molecule has 3 heterocycles. The summed E-state index contributed by atoms with van der Waals surface area (Å²) in [5, 5.41) is 8.40. The third kappa shape index (κ3) is 1.51. The van der Waals surface area contributed by atoms with E-state index in [-0.39, 0.29) is 0 Å². The molecule has 6 nitrogen and oxygen atoms in total. The third-order valence-electron chi connectivity index (χ3n) is 3.16. The van der Waals surface area contributed by atoms with Crippen LogP contribution in [-0.4, -0.2) is 24.6 Å². The number of fused-ring (bicyclic) bond motifs is 2. The van der Waals surface area contributed by atoms with Gasteiger partial charge in [-0.25, -0.2) is 0 Å². The number of anilines is 1. The van der Waals surface area contributed by atoms with Gasteiger partial charge in [0.15, 0.2) is 11.5 Å². The maximum atomic E-state index is 5.84. The standard InChI is InChI=1S/C14H10N6/c15-9-4-5-12-18-19-14(20(12)8-9)10-2-1-3-11-13(10)17-7-6-16-11/h1-8H,15H2. The number of benzene rings is 1. The van der Waals surface area contributed by atoms with E-state index >= 15 is 0 Å². The SMILES string of the molecule is Nc1ccc2nnc(-c3cccc4nccnc34)n2c1. The molecule has 4 aromatic rings. The van der Waals surface area contributed by atoms with Crippen molar-refractivity contribution in [3.05, 3.63) is 48.9 Å². The Hall–Kier alpha value is -3.02. The van der Waals surface area contributed by atoms with Gasteiger partial charge in [-0.1, -0.05) is 6.07 Å². The normalized spacial score (nSPS) is 11.2. The Morgan fingerprint density at radius 3 is 2.80 bits per heavy atom. The lowest BCUT2D eigenvalue weighted by atomic mass is 10.1. The Labute approximate surface area is 113 Å². The molecule has 96 valence electrons. The summed E-state index contributed by atoms with van der Waals surface area (Å²) in [4.78, 5) is 8.70. The minimum absolute atomic E-state index is 0.657. The van der Waals surface area contributed by atoms with Gasteiger partial charge in [0.05, 0.1) is 11.0 Å². The molecule has 3 aromatic heterocycles. The maximum Gasteiger partial charge on any atom is 0.170 e. The van der Waals surface area contributed by atoms with Gasteiger partial charge in [0.1, 0.15) is 0 Å². The number of pyridine rings is 1. The average Bonchev–Trinajstić information content (AvgIpc) is 2.89. The first-order chi connectivity index (χ1) is 9.83. The van der Waals surface area contributed by atoms with E-state index in [1.807, 2.05) is 28.7 Å². The Morgan fingerprint density at radius 1 is 0.950 bits per heavy atom. The molecule has 0 saturated carbocycles. The summed E-state index contributed by atoms with van der Waals surface area (Å²) in [7, 11) is 0. The Bertz CT molecular complexity index is 922. The van der Waals surface area contributed by atoms with E-state index in [1.165, 1.54) is 0 Å². The fourth-order valence-corrected chi connectivity index (χ4v) is 2.26. The molecule has 0 aliphatic carbocycles. The van der Waals surface area contributed by atoms with Gasteiger partial charge in [-0.3, -0.25) is 14.4 Å². The topological polar surface area (TPSA) is 82.0 Å². The highest BCUT2D eigenvalue weighted by Gasteiger charge is 2.12. The van der Waals surface area contributed by atoms with Gasteiger partial charge in [0.2, 0.25) is 0 Å². The highest BCUT2D eigenvalue weighted by atomic mass is 15.2. The van der Waals surface area contributed by atoms with E-state index in [9.17, 15) is 0 Å². The van der Waals surface area contributed by atoms with Crippen LogP contribution in [0.3, 0.4) is 0 Å². The zero-order valence-electron chi connectivity index (χ0n) is 10.4. The molecule has 0 saturated heterocycles. The van der Waals surface area contributed by atoms with E-state index in [1.54, 1.807) is 24.7 Å². The van der Waals surface area contributed by atoms with Gasteiger partial charge in [-0.2, -0.15) is 0 Å². The molecule has 6 heteroatoms. The van der Waals surface area contributed by atoms with Crippen LogP contribution in [0.25, 0.3) is 28.1 Å². The molecule has 0 fully saturated rings. The lowest BCUT2D eigenvalue weighted by Crippen LogP contribution is -1.94. The number of nitrogens with two attached hydrogens (primary N) is 1. The van der Waals surface area contributed by atoms with Crippen molar-refractivity contribution < 1.29 is 0 Å². The molecule has 4 rings (SSSR count). The van der Waals surface area contributed by atoms with Crippen LogP contribution >= 0.6 is 0 Å². The summed E-state index contributed by atoms with van der Waals surface area (Å²) in [6, 6.07) is 9.44. The van der Waals surface area contributed by atoms with Crippen molar-refractivity contribution in [2.45, 2.75) is 0 Å². The van der Waals surface area contributed by atoms with Crippen LogP contribution in [0, 0.1) is 0 Å². The Morgan fingerprint density at radius 2 is 1.85 bits per heavy atom. The number of rotatable bonds is 1. The summed E-state index contributed by atoms with van der Waals surface area (Å²) in [6.07, 6.45) is 5.15. The second kappa shape index (κ2) is 3.99.